The van der Waals surface area contributed by atoms with Gasteiger partial charge in [0.25, 0.3) is 11.2 Å². The van der Waals surface area contributed by atoms with Crippen LogP contribution in [-0.2, 0) is 41.4 Å². The molecule has 6 unspecified atom stereocenters. The number of aliphatic hydroxyl groups excluding tert-OH is 2. The van der Waals surface area contributed by atoms with Crippen LogP contribution in [0.15, 0.2) is 46.9 Å². The average molecular weight is 1390 g/mol. The standard InChI is InChI=1S/2C31H24ClO13.2Mg/c2*1-29-18-13-8(7-30(27(29)45-29)19(24(18)40)21(37)14-9(33)3-4-10(34)15(14)26(30)41)20(32)23(39)16-22(38)17-11(35)5-6-12(36)31(17,28(42)43-2)44-25(13)16;;/h2*3-4,12,18-19,24,27,33-36,39H,5-7H2,1-2H3;;/q2*-1;2*+2/p-2/t2*12?,18-,19?,24?,27+,29+,30+,31+;;/m11../s1/i1+1,2+1,3+1,4+1,5+1,6+1,7+1,8+1,9+1,10+1,11+1,12+1,13+1,14+1,15+1,16+1,17+1,18+1,19+1,20+1,21+1,22+1,23+1,24+1,25+1,26+1,27+1,28+1,29+1,30+1,31+1;2+1,3+1,4+1,5+1,6+1,7+1,8+1,9+1,10+1,11+1,12+1,13+1,14+1,15+1,16+1,17+1,18+1,19+1,20+1,21+1,22+1,23+1,24+1,25+1,26+1,27+1,28+1,29+1,30+1,31+1;;. The molecule has 468 valence electrons. The van der Waals surface area contributed by atoms with Gasteiger partial charge in [0.05, 0.1) is 68.6 Å². The number of rotatable bonds is 2. The van der Waals surface area contributed by atoms with Gasteiger partial charge in [-0.05, 0) is 87.8 Å². The number of ketones is 6. The number of fused-ring (bicyclic) bond motifs is 6. The predicted molar refractivity (Wildman–Crippen MR) is 297 cm³/mol. The number of carbonyl (C=O) groups excluding carboxylic acids is 8. The minimum absolute atomic E-state index is 0. The van der Waals surface area contributed by atoms with Gasteiger partial charge in [0, 0.05) is 45.9 Å². The Hall–Kier alpha value is -6.81. The summed E-state index contributed by atoms with van der Waals surface area (Å²) in [4.78, 5) is 112. The molecule has 16 atom stereocenters. The number of phenolic OH excluding ortho intramolecular Hbond substituents is 6. The molecular formula is C62H46Cl2Mg2O26. The van der Waals surface area contributed by atoms with Crippen LogP contribution in [0.2, 0.25) is 10.0 Å². The third kappa shape index (κ3) is 7.01. The second kappa shape index (κ2) is 19.9. The van der Waals surface area contributed by atoms with Gasteiger partial charge in [-0.3, -0.25) is 28.8 Å². The number of allylic oxidation sites excluding steroid dienone is 2. The molecule has 18 rings (SSSR count). The molecule has 4 aromatic rings. The zero-order chi connectivity index (χ0) is 64.6. The van der Waals surface area contributed by atoms with Crippen LogP contribution in [0.25, 0.3) is 0 Å². The van der Waals surface area contributed by atoms with Crippen molar-refractivity contribution in [1.82, 2.24) is 0 Å². The summed E-state index contributed by atoms with van der Waals surface area (Å²) < 4.78 is 34.3. The minimum atomic E-state index is -2.65. The normalized spacial score (nSPS) is 36.1. The zero-order valence-electron chi connectivity index (χ0n) is 48.4. The number of epoxide rings is 2. The number of phenols is 6. The molecule has 4 bridgehead atoms. The van der Waals surface area contributed by atoms with Crippen molar-refractivity contribution < 1.29 is 128 Å². The molecule has 0 amide bonds. The van der Waals surface area contributed by atoms with E-state index in [0.29, 0.717) is 0 Å². The number of methoxy groups -OCH3 is 2. The first kappa shape index (κ1) is 63.9. The summed E-state index contributed by atoms with van der Waals surface area (Å²) in [7, 11) is 1.93. The van der Waals surface area contributed by atoms with Gasteiger partial charge in [-0.1, -0.05) is 23.2 Å². The summed E-state index contributed by atoms with van der Waals surface area (Å²) in [5.41, 5.74) is -17.3. The van der Waals surface area contributed by atoms with Gasteiger partial charge < -0.3 is 89.7 Å². The molecule has 30 heteroatoms. The Labute approximate surface area is 559 Å². The fourth-order valence-corrected chi connectivity index (χ4v) is 18.2. The van der Waals surface area contributed by atoms with E-state index < -0.39 is 265 Å². The molecule has 4 fully saturated rings. The van der Waals surface area contributed by atoms with Gasteiger partial charge in [-0.25, -0.2) is 9.59 Å². The molecule has 2 saturated heterocycles. The van der Waals surface area contributed by atoms with Crippen LogP contribution in [0.1, 0.15) is 136 Å². The summed E-state index contributed by atoms with van der Waals surface area (Å²) in [5.74, 6) is -21.3. The van der Waals surface area contributed by atoms with Gasteiger partial charge in [0.1, 0.15) is 81.5 Å². The fourth-order valence-electron chi connectivity index (χ4n) is 17.7. The number of esters is 2. The number of carbonyl (C=O) groups is 8. The number of aromatic hydroxyl groups is 6. The van der Waals surface area contributed by atoms with Crippen molar-refractivity contribution in [3.63, 3.8) is 0 Å². The molecule has 4 aliphatic heterocycles. The molecule has 92 heavy (non-hydrogen) atoms. The molecule has 4 heterocycles. The van der Waals surface area contributed by atoms with Crippen LogP contribution in [0.3, 0.4) is 0 Å². The summed E-state index contributed by atoms with van der Waals surface area (Å²) in [6.07, 6.45) is -11.9. The van der Waals surface area contributed by atoms with E-state index in [1.807, 2.05) is 0 Å². The van der Waals surface area contributed by atoms with Crippen molar-refractivity contribution in [2.45, 2.75) is 123 Å². The van der Waals surface area contributed by atoms with Crippen molar-refractivity contribution in [1.29, 1.82) is 0 Å². The third-order valence-corrected chi connectivity index (χ3v) is 22.3. The molecule has 0 aromatic heterocycles. The van der Waals surface area contributed by atoms with Crippen LogP contribution in [0, 0.1) is 22.7 Å². The maximum atomic E-state index is 14.7. The van der Waals surface area contributed by atoms with E-state index >= 15 is 0 Å². The molecule has 26 nitrogen and oxygen atoms in total. The molecule has 0 radical (unpaired) electrons. The molecule has 10 aliphatic carbocycles. The molecular weight excluding hydrogens is 1340 g/mol. The Morgan fingerprint density at radius 1 is 0.543 bits per heavy atom. The fraction of sp³-hybridized carbons (Fsp3) is 0.419. The first-order valence-electron chi connectivity index (χ1n) is 28.3. The zero-order valence-corrected chi connectivity index (χ0v) is 52.8. The van der Waals surface area contributed by atoms with Crippen LogP contribution < -0.4 is 29.9 Å². The summed E-state index contributed by atoms with van der Waals surface area (Å²) in [5, 5.41) is 142. The van der Waals surface area contributed by atoms with E-state index in [2.05, 4.69) is 0 Å². The van der Waals surface area contributed by atoms with Crippen molar-refractivity contribution in [3.8, 4) is 46.0 Å². The van der Waals surface area contributed by atoms with Crippen molar-refractivity contribution in [2.75, 3.05) is 14.2 Å². The summed E-state index contributed by atoms with van der Waals surface area (Å²) in [6, 6.07) is 4.14. The SMILES string of the molecule is C[13C@@]12O[13C@@H]1[13C@@]13[13CH2][13c]4[13c](Cl)[13c](O)[13c]5[13c]([13c]4[13C@@H]2[13CH]([O-])[13CH]1[13C](=O)[13c]1[13c](O)[13cH][13cH][13c](O)[13c]1[13C]3=O)O[13C@]1([13C](=O)O[13CH3])[13C](=[13C]([O-])[13CH2][13CH2][13CH]1O)[13C]5=O.[13CH3]O[13C](=O)[13C@@]12O[13c]3[13c]([13c](O)[13c](Cl)[13c]4[13c]3[13C@@H]3[13CH]([O-])[13CH]5[13C](=O)[13c]6[13c](O)[13cH][13cH][13c](O)[13c]6[13C](=O)[13C@@]5([13CH2]4)[13C@H]4O[13C@@]34[13CH3])[13C](=O)[13C]1=[13C]([O-])[13CH2][13CH2][13CH]2O.[Mg+2].[Mg+2]. The van der Waals surface area contributed by atoms with Crippen molar-refractivity contribution in [2.24, 2.45) is 22.7 Å². The van der Waals surface area contributed by atoms with Gasteiger partial charge in [-0.15, -0.1) is 23.7 Å². The van der Waals surface area contributed by atoms with Crippen LogP contribution >= 0.6 is 23.2 Å². The maximum Gasteiger partial charge on any atom is 2.00 e. The number of hydrogen-bond donors (Lipinski definition) is 8. The second-order valence-corrected chi connectivity index (χ2v) is 26.0. The Morgan fingerprint density at radius 3 is 1.20 bits per heavy atom. The Balaban J connectivity index is 0.000000164. The number of hydrogen-bond acceptors (Lipinski definition) is 26. The van der Waals surface area contributed by atoms with Gasteiger partial charge in [0.15, 0.2) is 34.7 Å². The van der Waals surface area contributed by atoms with Crippen LogP contribution in [-0.4, -0.2) is 207 Å². The average Bonchev–Trinajstić information content (AvgIpc) is 1.47. The van der Waals surface area contributed by atoms with Gasteiger partial charge >= 0.3 is 58.0 Å². The second-order valence-electron chi connectivity index (χ2n) is 25.3. The summed E-state index contributed by atoms with van der Waals surface area (Å²) in [6.45, 7) is 3.06. The number of benzene rings is 4. The van der Waals surface area contributed by atoms with E-state index in [1.54, 1.807) is 0 Å². The maximum absolute atomic E-state index is 14.7. The number of aliphatic hydroxyl groups is 2. The van der Waals surface area contributed by atoms with Crippen molar-refractivity contribution >= 4 is 116 Å². The number of halogens is 2. The quantitative estimate of drug-likeness (QED) is 0.0397. The van der Waals surface area contributed by atoms with E-state index in [9.17, 15) is 99.6 Å². The van der Waals surface area contributed by atoms with E-state index in [-0.39, 0.29) is 94.0 Å². The minimum Gasteiger partial charge on any atom is -0.875 e. The smallest absolute Gasteiger partial charge is 0.875 e. The van der Waals surface area contributed by atoms with Crippen molar-refractivity contribution in [3.05, 3.63) is 113 Å². The monoisotopic (exact) mass is 1390 g/mol. The molecule has 8 N–H and O–H groups in total. The van der Waals surface area contributed by atoms with E-state index in [1.165, 1.54) is 13.8 Å². The summed E-state index contributed by atoms with van der Waals surface area (Å²) >= 11 is 13.4. The molecule has 2 spiro atoms. The van der Waals surface area contributed by atoms with E-state index in [4.69, 9.17) is 51.6 Å². The Morgan fingerprint density at radius 2 is 0.870 bits per heavy atom. The Kier molecular flexibility index (Phi) is 13.8. The number of Topliss-reactive ketones (excluding diaryl/α,β-unsaturated/α-hetero) is 6. The molecule has 14 aliphatic rings. The molecule has 4 aromatic carbocycles. The molecule has 2 saturated carbocycles. The Bertz CT molecular complexity index is 4080. The third-order valence-electron chi connectivity index (χ3n) is 21.5. The van der Waals surface area contributed by atoms with E-state index in [0.717, 1.165) is 38.5 Å². The predicted octanol–water partition coefficient (Wildman–Crippen LogP) is -0.893. The van der Waals surface area contributed by atoms with Gasteiger partial charge in [-0.2, -0.15) is 0 Å². The first-order chi connectivity index (χ1) is 42.4. The van der Waals surface area contributed by atoms with Gasteiger partial charge in [0.2, 0.25) is 0 Å². The topological polar surface area (TPSA) is 453 Å². The first-order valence-corrected chi connectivity index (χ1v) is 29.1. The number of ether oxygens (including phenoxy) is 6. The van der Waals surface area contributed by atoms with Crippen LogP contribution in [0.5, 0.6) is 46.0 Å². The largest absolute Gasteiger partial charge is 2.00 e. The van der Waals surface area contributed by atoms with Crippen LogP contribution in [0.4, 0.5) is 0 Å².